The van der Waals surface area contributed by atoms with Gasteiger partial charge in [-0.3, -0.25) is 4.79 Å². The highest BCUT2D eigenvalue weighted by molar-refractivity contribution is 5.84. The lowest BCUT2D eigenvalue weighted by molar-refractivity contribution is -0.182. The molecule has 118 valence electrons. The second-order valence-electron chi connectivity index (χ2n) is 4.24. The van der Waals surface area contributed by atoms with Crippen LogP contribution in [0.25, 0.3) is 0 Å². The van der Waals surface area contributed by atoms with Crippen molar-refractivity contribution in [2.24, 2.45) is 0 Å². The molecule has 12 heteroatoms. The summed E-state index contributed by atoms with van der Waals surface area (Å²) < 4.78 is 88.3. The summed E-state index contributed by atoms with van der Waals surface area (Å²) in [7, 11) is 0. The molecule has 1 aliphatic rings. The van der Waals surface area contributed by atoms with Gasteiger partial charge in [0.05, 0.1) is 6.54 Å². The third kappa shape index (κ3) is 2.65. The summed E-state index contributed by atoms with van der Waals surface area (Å²) in [4.78, 5) is 11.6. The van der Waals surface area contributed by atoms with Crippen molar-refractivity contribution in [1.29, 1.82) is 0 Å². The molecular formula is C9H7F7N4O. The monoisotopic (exact) mass is 320 g/mol. The summed E-state index contributed by atoms with van der Waals surface area (Å²) in [6.07, 6.45) is -8.99. The third-order valence-corrected chi connectivity index (χ3v) is 2.85. The first-order chi connectivity index (χ1) is 9.55. The van der Waals surface area contributed by atoms with E-state index in [0.29, 0.717) is 9.47 Å². The van der Waals surface area contributed by atoms with Crippen molar-refractivity contribution >= 4 is 5.91 Å². The van der Waals surface area contributed by atoms with Gasteiger partial charge in [0, 0.05) is 13.1 Å². The Hall–Kier alpha value is -1.88. The molecule has 0 aromatic carbocycles. The van der Waals surface area contributed by atoms with Crippen LogP contribution in [0, 0.1) is 0 Å². The molecule has 21 heavy (non-hydrogen) atoms. The first kappa shape index (κ1) is 15.5. The van der Waals surface area contributed by atoms with E-state index < -0.39 is 55.7 Å². The minimum atomic E-state index is -4.89. The van der Waals surface area contributed by atoms with Crippen molar-refractivity contribution in [3.8, 4) is 0 Å². The number of carbonyl (C=O) groups excluding carboxylic acids is 1. The molecule has 0 N–H and O–H groups in total. The van der Waals surface area contributed by atoms with Gasteiger partial charge in [0.25, 0.3) is 5.91 Å². The number of halogens is 7. The molecule has 1 aromatic rings. The van der Waals surface area contributed by atoms with Crippen molar-refractivity contribution in [3.05, 3.63) is 11.6 Å². The van der Waals surface area contributed by atoms with Crippen LogP contribution in [0.2, 0.25) is 0 Å². The minimum absolute atomic E-state index is 0.330. The fourth-order valence-corrected chi connectivity index (χ4v) is 1.84. The quantitative estimate of drug-likeness (QED) is 0.777. The molecule has 1 aromatic heterocycles. The molecule has 0 aliphatic carbocycles. The number of nitrogens with zero attached hydrogens (tertiary/aromatic N) is 4. The van der Waals surface area contributed by atoms with Crippen LogP contribution in [0.3, 0.4) is 0 Å². The van der Waals surface area contributed by atoms with Gasteiger partial charge in [0.15, 0.2) is 5.82 Å². The van der Waals surface area contributed by atoms with Crippen molar-refractivity contribution in [2.75, 3.05) is 6.54 Å². The zero-order chi connectivity index (χ0) is 16.0. The largest absolute Gasteiger partial charge is 0.451 e. The standard InChI is InChI=1S/C9H7F7N4O/c10-5(11)8(12,13)7(21)19-1-2-20-4(3-19)17-18-6(20)9(14,15)16/h5H,1-3H2. The Morgan fingerprint density at radius 2 is 1.71 bits per heavy atom. The number of fused-ring (bicyclic) bond motifs is 1. The van der Waals surface area contributed by atoms with Gasteiger partial charge in [0.1, 0.15) is 0 Å². The molecule has 1 amide bonds. The van der Waals surface area contributed by atoms with Crippen LogP contribution in [-0.2, 0) is 24.1 Å². The van der Waals surface area contributed by atoms with E-state index >= 15 is 0 Å². The smallest absolute Gasteiger partial charge is 0.328 e. The van der Waals surface area contributed by atoms with Crippen LogP contribution in [0.5, 0.6) is 0 Å². The molecule has 5 nitrogen and oxygen atoms in total. The Bertz CT molecular complexity index is 553. The summed E-state index contributed by atoms with van der Waals surface area (Å²) in [5.74, 6) is -8.77. The third-order valence-electron chi connectivity index (χ3n) is 2.85. The van der Waals surface area contributed by atoms with Crippen LogP contribution >= 0.6 is 0 Å². The van der Waals surface area contributed by atoms with Crippen LogP contribution in [0.15, 0.2) is 0 Å². The van der Waals surface area contributed by atoms with Gasteiger partial charge in [-0.15, -0.1) is 10.2 Å². The number of amides is 1. The van der Waals surface area contributed by atoms with Gasteiger partial charge in [-0.2, -0.15) is 22.0 Å². The molecule has 0 unspecified atom stereocenters. The van der Waals surface area contributed by atoms with E-state index in [2.05, 4.69) is 10.2 Å². The van der Waals surface area contributed by atoms with Gasteiger partial charge < -0.3 is 9.47 Å². The lowest BCUT2D eigenvalue weighted by atomic mass is 10.2. The van der Waals surface area contributed by atoms with Crippen LogP contribution < -0.4 is 0 Å². The average Bonchev–Trinajstić information content (AvgIpc) is 2.79. The maximum absolute atomic E-state index is 12.9. The maximum atomic E-state index is 12.9. The molecule has 0 fully saturated rings. The number of hydrogen-bond donors (Lipinski definition) is 0. The SMILES string of the molecule is O=C(N1CCn2c(nnc2C(F)(F)F)C1)C(F)(F)C(F)F. The molecule has 0 atom stereocenters. The number of carbonyl (C=O) groups is 1. The van der Waals surface area contributed by atoms with Gasteiger partial charge >= 0.3 is 18.5 Å². The Morgan fingerprint density at radius 3 is 2.24 bits per heavy atom. The predicted molar refractivity (Wildman–Crippen MR) is 51.4 cm³/mol. The molecule has 0 spiro atoms. The molecule has 2 rings (SSSR count). The van der Waals surface area contributed by atoms with Gasteiger partial charge in [-0.25, -0.2) is 8.78 Å². The van der Waals surface area contributed by atoms with E-state index in [9.17, 15) is 35.5 Å². The predicted octanol–water partition coefficient (Wildman–Crippen LogP) is 1.54. The van der Waals surface area contributed by atoms with Crippen LogP contribution in [0.4, 0.5) is 30.7 Å². The number of rotatable bonds is 2. The van der Waals surface area contributed by atoms with Gasteiger partial charge in [0.2, 0.25) is 5.82 Å². The van der Waals surface area contributed by atoms with E-state index in [4.69, 9.17) is 0 Å². The van der Waals surface area contributed by atoms with Gasteiger partial charge in [-0.1, -0.05) is 0 Å². The van der Waals surface area contributed by atoms with E-state index in [-0.39, 0.29) is 0 Å². The molecular weight excluding hydrogens is 313 g/mol. The van der Waals surface area contributed by atoms with Gasteiger partial charge in [-0.05, 0) is 0 Å². The first-order valence-corrected chi connectivity index (χ1v) is 5.49. The van der Waals surface area contributed by atoms with Crippen LogP contribution in [0.1, 0.15) is 11.6 Å². The Labute approximate surface area is 112 Å². The van der Waals surface area contributed by atoms with Crippen molar-refractivity contribution in [1.82, 2.24) is 19.7 Å². The average molecular weight is 320 g/mol. The summed E-state index contributed by atoms with van der Waals surface area (Å²) in [6, 6.07) is 0. The lowest BCUT2D eigenvalue weighted by Gasteiger charge is -2.30. The molecule has 2 heterocycles. The Morgan fingerprint density at radius 1 is 1.10 bits per heavy atom. The van der Waals surface area contributed by atoms with Crippen molar-refractivity contribution < 1.29 is 35.5 Å². The molecule has 0 saturated heterocycles. The highest BCUT2D eigenvalue weighted by Gasteiger charge is 2.52. The maximum Gasteiger partial charge on any atom is 0.451 e. The highest BCUT2D eigenvalue weighted by Crippen LogP contribution is 2.31. The number of aromatic nitrogens is 3. The fourth-order valence-electron chi connectivity index (χ4n) is 1.84. The summed E-state index contributed by atoms with van der Waals surface area (Å²) >= 11 is 0. The van der Waals surface area contributed by atoms with Crippen molar-refractivity contribution in [3.63, 3.8) is 0 Å². The second kappa shape index (κ2) is 4.84. The van der Waals surface area contributed by atoms with E-state index in [1.165, 1.54) is 0 Å². The van der Waals surface area contributed by atoms with E-state index in [0.717, 1.165) is 0 Å². The Balaban J connectivity index is 2.22. The summed E-state index contributed by atoms with van der Waals surface area (Å²) in [5, 5.41) is 6.02. The Kier molecular flexibility index (Phi) is 3.58. The molecule has 1 aliphatic heterocycles. The normalized spacial score (nSPS) is 16.3. The summed E-state index contributed by atoms with van der Waals surface area (Å²) in [6.45, 7) is -1.83. The lowest BCUT2D eigenvalue weighted by Crippen LogP contribution is -2.50. The fraction of sp³-hybridized carbons (Fsp3) is 0.667. The molecule has 0 radical (unpaired) electrons. The highest BCUT2D eigenvalue weighted by atomic mass is 19.4. The van der Waals surface area contributed by atoms with E-state index in [1.807, 2.05) is 0 Å². The molecule has 0 bridgehead atoms. The topological polar surface area (TPSA) is 51.0 Å². The van der Waals surface area contributed by atoms with Crippen LogP contribution in [-0.4, -0.2) is 44.5 Å². The first-order valence-electron chi connectivity index (χ1n) is 5.49. The second-order valence-corrected chi connectivity index (χ2v) is 4.24. The van der Waals surface area contributed by atoms with E-state index in [1.54, 1.807) is 0 Å². The number of alkyl halides is 7. The summed E-state index contributed by atoms with van der Waals surface area (Å²) in [5.41, 5.74) is 0. The molecule has 0 saturated carbocycles. The zero-order valence-corrected chi connectivity index (χ0v) is 10.0. The zero-order valence-electron chi connectivity index (χ0n) is 10.0. The number of hydrogen-bond acceptors (Lipinski definition) is 3. The van der Waals surface area contributed by atoms with Crippen molar-refractivity contribution in [2.45, 2.75) is 31.6 Å². The minimum Gasteiger partial charge on any atom is -0.328 e.